The third kappa shape index (κ3) is 2.67. The topological polar surface area (TPSA) is 78.1 Å². The molecule has 0 fully saturated rings. The van der Waals surface area contributed by atoms with Crippen LogP contribution in [0.2, 0.25) is 0 Å². The minimum absolute atomic E-state index is 0.431. The summed E-state index contributed by atoms with van der Waals surface area (Å²) in [5.41, 5.74) is 14.6. The van der Waals surface area contributed by atoms with Crippen molar-refractivity contribution in [3.8, 4) is 23.0 Å². The maximum Gasteiger partial charge on any atom is 0.155 e. The number of fused-ring (bicyclic) bond motifs is 1. The van der Waals surface area contributed by atoms with E-state index >= 15 is 0 Å². The Morgan fingerprint density at radius 1 is 1.18 bits per heavy atom. The lowest BCUT2D eigenvalue weighted by molar-refractivity contribution is 0.615. The molecule has 2 heterocycles. The summed E-state index contributed by atoms with van der Waals surface area (Å²) in [5.74, 6) is 6.45. The molecule has 4 heteroatoms. The molecule has 0 aliphatic rings. The molecule has 0 atom stereocenters. The van der Waals surface area contributed by atoms with Crippen LogP contribution < -0.4 is 11.5 Å². The van der Waals surface area contributed by atoms with E-state index in [0.717, 1.165) is 16.5 Å². The number of aromatic nitrogens is 1. The Bertz CT molecular complexity index is 878. The predicted molar refractivity (Wildman–Crippen MR) is 89.0 cm³/mol. The third-order valence-corrected chi connectivity index (χ3v) is 3.23. The molecule has 0 unspecified atom stereocenters. The summed E-state index contributed by atoms with van der Waals surface area (Å²) in [4.78, 5) is 4.24. The quantitative estimate of drug-likeness (QED) is 0.675. The van der Waals surface area contributed by atoms with Crippen LogP contribution in [0, 0.1) is 11.8 Å². The van der Waals surface area contributed by atoms with E-state index in [1.54, 1.807) is 12.5 Å². The van der Waals surface area contributed by atoms with Crippen molar-refractivity contribution in [2.45, 2.75) is 19.4 Å². The van der Waals surface area contributed by atoms with Crippen LogP contribution in [0.1, 0.15) is 19.4 Å². The van der Waals surface area contributed by atoms with E-state index < -0.39 is 5.54 Å². The molecule has 3 aromatic rings. The van der Waals surface area contributed by atoms with Gasteiger partial charge in [-0.1, -0.05) is 42.2 Å². The van der Waals surface area contributed by atoms with Gasteiger partial charge in [-0.05, 0) is 19.4 Å². The lowest BCUT2D eigenvalue weighted by Crippen LogP contribution is -2.29. The van der Waals surface area contributed by atoms with Crippen molar-refractivity contribution >= 4 is 16.8 Å². The number of nitrogens with two attached hydrogens (primary N) is 2. The summed E-state index contributed by atoms with van der Waals surface area (Å²) in [6.07, 6.45) is 3.31. The number of pyridine rings is 1. The van der Waals surface area contributed by atoms with Gasteiger partial charge in [0.2, 0.25) is 0 Å². The lowest BCUT2D eigenvalue weighted by Gasteiger charge is -2.07. The van der Waals surface area contributed by atoms with Gasteiger partial charge in [-0.25, -0.2) is 4.98 Å². The molecule has 3 rings (SSSR count). The van der Waals surface area contributed by atoms with Crippen LogP contribution in [-0.2, 0) is 0 Å². The molecule has 2 aromatic heterocycles. The molecule has 0 spiro atoms. The Morgan fingerprint density at radius 3 is 2.59 bits per heavy atom. The van der Waals surface area contributed by atoms with Crippen molar-refractivity contribution < 1.29 is 4.42 Å². The molecule has 1 aromatic carbocycles. The zero-order valence-corrected chi connectivity index (χ0v) is 12.6. The second kappa shape index (κ2) is 5.21. The Hall–Kier alpha value is -2.77. The van der Waals surface area contributed by atoms with E-state index in [4.69, 9.17) is 15.9 Å². The average molecular weight is 291 g/mol. The summed E-state index contributed by atoms with van der Waals surface area (Å²) in [6.45, 7) is 3.69. The van der Waals surface area contributed by atoms with Crippen molar-refractivity contribution in [3.05, 3.63) is 48.4 Å². The summed E-state index contributed by atoms with van der Waals surface area (Å²) in [6, 6.07) is 9.92. The third-order valence-electron chi connectivity index (χ3n) is 3.23. The van der Waals surface area contributed by atoms with E-state index in [1.807, 2.05) is 44.2 Å². The fourth-order valence-corrected chi connectivity index (χ4v) is 2.22. The molecule has 0 amide bonds. The fourth-order valence-electron chi connectivity index (χ4n) is 2.22. The molecule has 22 heavy (non-hydrogen) atoms. The van der Waals surface area contributed by atoms with E-state index in [2.05, 4.69) is 16.8 Å². The Kier molecular flexibility index (Phi) is 3.36. The number of anilines is 1. The van der Waals surface area contributed by atoms with Crippen molar-refractivity contribution in [1.29, 1.82) is 0 Å². The molecule has 110 valence electrons. The SMILES string of the molecule is CC(C)(N)C#Cc1cnc(N)c2c(-c3ccccc3)coc12. The van der Waals surface area contributed by atoms with Crippen LogP contribution >= 0.6 is 0 Å². The lowest BCUT2D eigenvalue weighted by atomic mass is 10.0. The molecule has 4 nitrogen and oxygen atoms in total. The highest BCUT2D eigenvalue weighted by Crippen LogP contribution is 2.34. The fraction of sp³-hybridized carbons (Fsp3) is 0.167. The standard InChI is InChI=1S/C18H17N3O/c1-18(2,20)9-8-13-10-21-17(19)15-14(11-22-16(13)15)12-6-4-3-5-7-12/h3-7,10-11H,20H2,1-2H3,(H2,19,21). The molecule has 0 bridgehead atoms. The first-order valence-electron chi connectivity index (χ1n) is 6.99. The normalized spacial score (nSPS) is 11.2. The molecular weight excluding hydrogens is 274 g/mol. The monoisotopic (exact) mass is 291 g/mol. The van der Waals surface area contributed by atoms with Crippen LogP contribution in [0.4, 0.5) is 5.82 Å². The Balaban J connectivity index is 2.22. The first-order chi connectivity index (χ1) is 10.5. The van der Waals surface area contributed by atoms with Gasteiger partial charge in [-0.15, -0.1) is 0 Å². The minimum Gasteiger partial charge on any atom is -0.462 e. The largest absolute Gasteiger partial charge is 0.462 e. The Morgan fingerprint density at radius 2 is 1.91 bits per heavy atom. The van der Waals surface area contributed by atoms with E-state index in [-0.39, 0.29) is 0 Å². The molecule has 0 saturated heterocycles. The van der Waals surface area contributed by atoms with E-state index in [0.29, 0.717) is 17.0 Å². The highest BCUT2D eigenvalue weighted by atomic mass is 16.3. The zero-order valence-electron chi connectivity index (χ0n) is 12.6. The molecule has 0 aliphatic carbocycles. The van der Waals surface area contributed by atoms with Crippen LogP contribution in [0.3, 0.4) is 0 Å². The maximum absolute atomic E-state index is 6.05. The number of nitrogens with zero attached hydrogens (tertiary/aromatic N) is 1. The van der Waals surface area contributed by atoms with Crippen molar-refractivity contribution in [2.24, 2.45) is 5.73 Å². The number of furan rings is 1. The second-order valence-corrected chi connectivity index (χ2v) is 5.75. The number of benzene rings is 1. The van der Waals surface area contributed by atoms with Gasteiger partial charge in [0, 0.05) is 11.8 Å². The molecule has 0 saturated carbocycles. The van der Waals surface area contributed by atoms with Gasteiger partial charge in [0.15, 0.2) is 5.58 Å². The molecule has 0 aliphatic heterocycles. The maximum atomic E-state index is 6.05. The summed E-state index contributed by atoms with van der Waals surface area (Å²) in [7, 11) is 0. The number of hydrogen-bond donors (Lipinski definition) is 2. The first-order valence-corrected chi connectivity index (χ1v) is 6.99. The number of hydrogen-bond acceptors (Lipinski definition) is 4. The number of rotatable bonds is 1. The highest BCUT2D eigenvalue weighted by Gasteiger charge is 2.15. The number of nitrogen functional groups attached to an aromatic ring is 1. The zero-order chi connectivity index (χ0) is 15.7. The van der Waals surface area contributed by atoms with Gasteiger partial charge in [0.05, 0.1) is 22.8 Å². The van der Waals surface area contributed by atoms with Crippen molar-refractivity contribution in [3.63, 3.8) is 0 Å². The average Bonchev–Trinajstić information content (AvgIpc) is 2.92. The molecular formula is C18H17N3O. The molecule has 4 N–H and O–H groups in total. The summed E-state index contributed by atoms with van der Waals surface area (Å²) >= 11 is 0. The smallest absolute Gasteiger partial charge is 0.155 e. The second-order valence-electron chi connectivity index (χ2n) is 5.75. The first kappa shape index (κ1) is 14.2. The van der Waals surface area contributed by atoms with Gasteiger partial charge in [-0.2, -0.15) is 0 Å². The minimum atomic E-state index is -0.581. The Labute approximate surface area is 129 Å². The van der Waals surface area contributed by atoms with Crippen molar-refractivity contribution in [2.75, 3.05) is 5.73 Å². The van der Waals surface area contributed by atoms with Gasteiger partial charge in [-0.3, -0.25) is 0 Å². The van der Waals surface area contributed by atoms with E-state index in [9.17, 15) is 0 Å². The summed E-state index contributed by atoms with van der Waals surface area (Å²) < 4.78 is 5.72. The van der Waals surface area contributed by atoms with Crippen LogP contribution in [-0.4, -0.2) is 10.5 Å². The van der Waals surface area contributed by atoms with Gasteiger partial charge in [0.1, 0.15) is 5.82 Å². The van der Waals surface area contributed by atoms with Gasteiger partial charge < -0.3 is 15.9 Å². The molecule has 0 radical (unpaired) electrons. The van der Waals surface area contributed by atoms with Crippen LogP contribution in [0.15, 0.2) is 47.2 Å². The van der Waals surface area contributed by atoms with Crippen LogP contribution in [0.25, 0.3) is 22.1 Å². The van der Waals surface area contributed by atoms with E-state index in [1.165, 1.54) is 0 Å². The van der Waals surface area contributed by atoms with Gasteiger partial charge >= 0.3 is 0 Å². The predicted octanol–water partition coefficient (Wildman–Crippen LogP) is 3.17. The van der Waals surface area contributed by atoms with Crippen LogP contribution in [0.5, 0.6) is 0 Å². The summed E-state index contributed by atoms with van der Waals surface area (Å²) in [5, 5.41) is 0.785. The van der Waals surface area contributed by atoms with Crippen molar-refractivity contribution in [1.82, 2.24) is 4.98 Å². The highest BCUT2D eigenvalue weighted by molar-refractivity contribution is 6.02. The van der Waals surface area contributed by atoms with Gasteiger partial charge in [0.25, 0.3) is 0 Å².